The molecule has 4 aliphatic rings. The number of nitrogens with one attached hydrogen (secondary N) is 1. The maximum absolute atomic E-state index is 17.0. The topological polar surface area (TPSA) is 4.44 Å². The summed E-state index contributed by atoms with van der Waals surface area (Å²) >= 11 is -8.89. The molecule has 0 fully saturated rings. The predicted octanol–water partition coefficient (Wildman–Crippen LogP) is 20.3. The van der Waals surface area contributed by atoms with Crippen molar-refractivity contribution < 1.29 is 163 Å². The normalized spacial score (nSPS) is 19.2. The van der Waals surface area contributed by atoms with Crippen LogP contribution in [0.2, 0.25) is 0 Å². The summed E-state index contributed by atoms with van der Waals surface area (Å²) in [5, 5.41) is 0. The summed E-state index contributed by atoms with van der Waals surface area (Å²) in [5.41, 5.74) is -26.6. The van der Waals surface area contributed by atoms with E-state index in [2.05, 4.69) is 0 Å². The smallest absolute Gasteiger partial charge is 0.234 e. The second-order valence-electron chi connectivity index (χ2n) is 21.2. The maximum Gasteiger partial charge on any atom is 0.464 e. The van der Waals surface area contributed by atoms with Gasteiger partial charge in [0.05, 0.1) is 28.8 Å². The van der Waals surface area contributed by atoms with E-state index in [9.17, 15) is 70.2 Å². The number of alkyl halides is 9. The molecule has 5 aromatic rings. The van der Waals surface area contributed by atoms with E-state index in [1.54, 1.807) is 6.92 Å². The van der Waals surface area contributed by atoms with Crippen LogP contribution >= 0.6 is 0 Å². The summed E-state index contributed by atoms with van der Waals surface area (Å²) in [6.07, 6.45) is -7.72. The lowest BCUT2D eigenvalue weighted by Gasteiger charge is -2.54. The van der Waals surface area contributed by atoms with Gasteiger partial charge in [0, 0.05) is 12.5 Å². The number of hydrogen-bond acceptors (Lipinski definition) is 0. The van der Waals surface area contributed by atoms with E-state index in [0.29, 0.717) is 12.8 Å². The highest BCUT2D eigenvalue weighted by Gasteiger charge is 2.77. The number of allylic oxidation sites excluding steroid dienone is 4. The summed E-state index contributed by atoms with van der Waals surface area (Å²) in [6, 6.07) is -6.33. The van der Waals surface area contributed by atoms with Crippen LogP contribution in [0, 0.1) is 111 Å². The number of unbranched alkanes of at least 4 members (excludes halogenated alkanes) is 3. The van der Waals surface area contributed by atoms with Crippen LogP contribution in [0.1, 0.15) is 122 Å². The molecule has 9 rings (SSSR count). The van der Waals surface area contributed by atoms with Crippen molar-refractivity contribution in [3.8, 4) is 0 Å². The number of halogens is 36. The zero-order chi connectivity index (χ0) is 70.4. The second-order valence-corrected chi connectivity index (χ2v) is 26.2. The second kappa shape index (κ2) is 24.4. The Hall–Kier alpha value is -6.97. The summed E-state index contributed by atoms with van der Waals surface area (Å²) in [7, 11) is 0. The van der Waals surface area contributed by atoms with Crippen molar-refractivity contribution in [3.63, 3.8) is 0 Å². The third-order valence-corrected chi connectivity index (χ3v) is 23.5. The monoisotopic (exact) mass is 1410 g/mol. The lowest BCUT2D eigenvalue weighted by atomic mass is 10.00. The Balaban J connectivity index is 0.000000294. The van der Waals surface area contributed by atoms with Crippen LogP contribution in [-0.2, 0) is 6.18 Å². The van der Waals surface area contributed by atoms with Crippen molar-refractivity contribution in [3.05, 3.63) is 190 Å². The zero-order valence-corrected chi connectivity index (χ0v) is 46.2. The summed E-state index contributed by atoms with van der Waals surface area (Å²) in [4.78, 5) is -2.18. The highest BCUT2D eigenvalue weighted by Crippen LogP contribution is 2.72. The highest BCUT2D eigenvalue weighted by molar-refractivity contribution is 6.88. The number of hydrogen-bond donors (Lipinski definition) is 1. The van der Waals surface area contributed by atoms with Crippen molar-refractivity contribution in [2.75, 3.05) is 6.54 Å². The largest absolute Gasteiger partial charge is 0.464 e. The first-order valence-corrected chi connectivity index (χ1v) is 28.6. The van der Waals surface area contributed by atoms with Crippen LogP contribution < -0.4 is 4.90 Å². The lowest BCUT2D eigenvalue weighted by molar-refractivity contribution is -0.949. The van der Waals surface area contributed by atoms with E-state index < -0.39 is 306 Å². The molecule has 0 bridgehead atoms. The fourth-order valence-electron chi connectivity index (χ4n) is 12.6. The van der Waals surface area contributed by atoms with Crippen molar-refractivity contribution in [2.24, 2.45) is 0 Å². The molecule has 0 radical (unpaired) electrons. The molecule has 5 unspecified atom stereocenters. The minimum Gasteiger partial charge on any atom is -0.234 e. The molecule has 38 heteroatoms. The number of fused-ring (bicyclic) bond motifs is 4. The third kappa shape index (κ3) is 10.1. The Morgan fingerprint density at radius 3 is 0.903 bits per heavy atom. The Bertz CT molecular complexity index is 3740. The Morgan fingerprint density at radius 1 is 0.344 bits per heavy atom. The van der Waals surface area contributed by atoms with E-state index in [-0.39, 0.29) is 6.42 Å². The molecule has 1 N–H and O–H groups in total. The van der Waals surface area contributed by atoms with Gasteiger partial charge < -0.3 is 0 Å². The Kier molecular flexibility index (Phi) is 18.8. The minimum atomic E-state index is -8.89. The van der Waals surface area contributed by atoms with Crippen LogP contribution in [0.5, 0.6) is 0 Å². The van der Waals surface area contributed by atoms with Crippen molar-refractivity contribution in [1.82, 2.24) is 0 Å². The van der Waals surface area contributed by atoms with Gasteiger partial charge in [0.2, 0.25) is 13.1 Å². The van der Waals surface area contributed by atoms with Crippen LogP contribution in [0.3, 0.4) is 0 Å². The number of quaternary nitrogens is 1. The summed E-state index contributed by atoms with van der Waals surface area (Å²) in [5.74, 6) is -97.0. The van der Waals surface area contributed by atoms with E-state index in [0.717, 1.165) is 6.92 Å². The van der Waals surface area contributed by atoms with Gasteiger partial charge in [-0.2, -0.15) is 35.1 Å². The first kappa shape index (κ1) is 71.9. The molecule has 5 aromatic carbocycles. The molecule has 0 aromatic heterocycles. The van der Waals surface area contributed by atoms with Crippen LogP contribution in [0.15, 0.2) is 29.4 Å². The molecule has 4 aliphatic carbocycles. The average molecular weight is 1410 g/mol. The lowest BCUT2D eigenvalue weighted by Crippen LogP contribution is -3.17. The Labute approximate surface area is 496 Å². The average Bonchev–Trinajstić information content (AvgIpc) is 1.51. The maximum atomic E-state index is 17.0. The van der Waals surface area contributed by atoms with Gasteiger partial charge in [0.15, 0.2) is 140 Å². The molecule has 0 spiro atoms. The zero-order valence-electron chi connectivity index (χ0n) is 45.0. The van der Waals surface area contributed by atoms with Crippen molar-refractivity contribution in [1.29, 1.82) is 0 Å². The van der Waals surface area contributed by atoms with Crippen molar-refractivity contribution >= 4 is 42.1 Å². The fourth-order valence-corrected chi connectivity index (χ4v) is 21.1. The molecule has 0 amide bonds. The van der Waals surface area contributed by atoms with E-state index >= 15 is 87.8 Å². The van der Waals surface area contributed by atoms with Gasteiger partial charge >= 0.3 is 24.1 Å². The van der Waals surface area contributed by atoms with Gasteiger partial charge in [-0.15, -0.1) is 8.78 Å². The molecule has 0 saturated heterocycles. The van der Waals surface area contributed by atoms with Crippen LogP contribution in [0.25, 0.3) is 23.3 Å². The molecule has 1 nitrogen and oxygen atoms in total. The molecular weight excluding hydrogens is 1390 g/mol. The molecule has 0 saturated carbocycles. The highest BCUT2D eigenvalue weighted by atomic mass is 27.2. The fraction of sp³-hybridized carbons (Fsp3) is 0.309. The van der Waals surface area contributed by atoms with E-state index in [4.69, 9.17) is 0 Å². The van der Waals surface area contributed by atoms with Crippen LogP contribution in [0.4, 0.5) is 164 Å². The van der Waals surface area contributed by atoms with Gasteiger partial charge in [-0.05, 0) is 35.1 Å². The molecule has 93 heavy (non-hydrogen) atoms. The molecular formula is C55H26AlF36N. The van der Waals surface area contributed by atoms with E-state index in [1.165, 1.54) is 0 Å². The quantitative estimate of drug-likeness (QED) is 0.0266. The van der Waals surface area contributed by atoms with Gasteiger partial charge in [-0.25, -0.2) is 119 Å². The predicted molar refractivity (Wildman–Crippen MR) is 249 cm³/mol. The molecule has 0 heterocycles. The Morgan fingerprint density at radius 2 is 0.634 bits per heavy atom. The van der Waals surface area contributed by atoms with E-state index in [1.807, 2.05) is 0 Å². The molecule has 0 aliphatic heterocycles. The van der Waals surface area contributed by atoms with Crippen LogP contribution in [-0.4, -0.2) is 37.5 Å². The van der Waals surface area contributed by atoms with Gasteiger partial charge in [0.25, 0.3) is 0 Å². The van der Waals surface area contributed by atoms with Gasteiger partial charge in [-0.3, -0.25) is 0 Å². The standard InChI is InChI=1S/C19H21F12N.4C9HF6.Al/c1-3-5-6-7-8-16(23,24)18(28,29)19(30,31)32(9-4-2)12-10-11(20)14(21)13(15(12)22)17(25,26)27;4*10-3-1-2-4(6(3)12)7(13)9(15)8(14)5(2)11;/h10H,3-9H2,1-2H3;4*1H;/q;;;;;-1/p+1. The molecule has 5 atom stereocenters. The summed E-state index contributed by atoms with van der Waals surface area (Å²) < 4.78 is 526. The summed E-state index contributed by atoms with van der Waals surface area (Å²) in [6.45, 7) is 1.46. The third-order valence-electron chi connectivity index (χ3n) is 16.4. The molecule has 506 valence electrons. The SMILES string of the molecule is CCCCCCC(F)(F)C(F)(F)C(F)(F)[NH+](CCC)c1cc(F)c(F)c(C(F)(F)F)c1F.FC1=C(F)[CH]([Al-]([CH]2C(F)=C(F)c3c(F)c(F)c(F)c(F)c32)([CH]2C(F)=C(F)c3c(F)c(F)c(F)c(F)c32)[CH]2C(F)=C(F)c3c(F)c(F)c(F)c(F)c32)c2c(F)c(F)c(F)c(F)c21. The first-order chi connectivity index (χ1) is 42.8. The van der Waals surface area contributed by atoms with Gasteiger partial charge in [0.1, 0.15) is 28.9 Å². The van der Waals surface area contributed by atoms with Gasteiger partial charge in [-0.1, -0.05) is 52.2 Å². The number of benzene rings is 5. The van der Waals surface area contributed by atoms with Crippen molar-refractivity contribution in [2.45, 2.75) is 95.6 Å². The first-order valence-electron chi connectivity index (χ1n) is 25.9. The minimum absolute atomic E-state index is 0.0337. The number of rotatable bonds is 15.